The molecule has 0 amide bonds. The van der Waals surface area contributed by atoms with Crippen molar-refractivity contribution in [1.82, 2.24) is 14.7 Å². The lowest BCUT2D eigenvalue weighted by atomic mass is 9.96. The quantitative estimate of drug-likeness (QED) is 0.574. The van der Waals surface area contributed by atoms with Crippen LogP contribution in [-0.2, 0) is 0 Å². The lowest BCUT2D eigenvalue weighted by molar-refractivity contribution is -0.138. The molecule has 14 heavy (non-hydrogen) atoms. The molecule has 0 spiro atoms. The van der Waals surface area contributed by atoms with Crippen molar-refractivity contribution in [1.29, 1.82) is 0 Å². The molecule has 0 unspecified atom stereocenters. The van der Waals surface area contributed by atoms with Gasteiger partial charge in [0.15, 0.2) is 0 Å². The summed E-state index contributed by atoms with van der Waals surface area (Å²) in [5.41, 5.74) is 0. The second-order valence-corrected chi connectivity index (χ2v) is 5.13. The van der Waals surface area contributed by atoms with E-state index >= 15 is 0 Å². The van der Waals surface area contributed by atoms with E-state index in [1.165, 1.54) is 12.8 Å². The molecule has 2 heterocycles. The molecule has 2 rings (SSSR count). The molecular weight excluding hydrogens is 174 g/mol. The second kappa shape index (κ2) is 3.47. The Morgan fingerprint density at radius 3 is 1.43 bits per heavy atom. The van der Waals surface area contributed by atoms with Crippen LogP contribution < -0.4 is 0 Å². The fraction of sp³-hybridized carbons (Fsp3) is 1.00. The molecule has 0 aromatic heterocycles. The van der Waals surface area contributed by atoms with Crippen LogP contribution in [0.1, 0.15) is 26.7 Å². The molecule has 2 bridgehead atoms. The Bertz CT molecular complexity index is 197. The summed E-state index contributed by atoms with van der Waals surface area (Å²) >= 11 is 0. The van der Waals surface area contributed by atoms with Gasteiger partial charge in [-0.05, 0) is 47.8 Å². The Labute approximate surface area is 87.7 Å². The van der Waals surface area contributed by atoms with Crippen molar-refractivity contribution in [3.8, 4) is 0 Å². The van der Waals surface area contributed by atoms with Crippen LogP contribution in [-0.4, -0.2) is 60.3 Å². The minimum atomic E-state index is 0.648. The number of hydrogen-bond acceptors (Lipinski definition) is 3. The fourth-order valence-corrected chi connectivity index (χ4v) is 2.97. The van der Waals surface area contributed by atoms with E-state index in [0.717, 1.165) is 12.1 Å². The molecule has 2 fully saturated rings. The molecule has 0 aromatic carbocycles. The van der Waals surface area contributed by atoms with E-state index in [4.69, 9.17) is 0 Å². The molecule has 0 N–H and O–H groups in total. The van der Waals surface area contributed by atoms with E-state index in [-0.39, 0.29) is 0 Å². The van der Waals surface area contributed by atoms with Crippen molar-refractivity contribution >= 4 is 0 Å². The first kappa shape index (κ1) is 10.4. The van der Waals surface area contributed by atoms with Crippen LogP contribution >= 0.6 is 0 Å². The van der Waals surface area contributed by atoms with Crippen LogP contribution in [0.15, 0.2) is 0 Å². The van der Waals surface area contributed by atoms with Crippen LogP contribution in [0.5, 0.6) is 0 Å². The third-order valence-corrected chi connectivity index (χ3v) is 4.37. The summed E-state index contributed by atoms with van der Waals surface area (Å²) in [4.78, 5) is 7.58. The van der Waals surface area contributed by atoms with Crippen LogP contribution in [0.25, 0.3) is 0 Å². The zero-order chi connectivity index (χ0) is 10.5. The summed E-state index contributed by atoms with van der Waals surface area (Å²) in [6.07, 6.45) is 3.83. The van der Waals surface area contributed by atoms with E-state index in [9.17, 15) is 0 Å². The zero-order valence-electron chi connectivity index (χ0n) is 10.1. The number of rotatable bonds is 0. The Kier molecular flexibility index (Phi) is 2.58. The fourth-order valence-electron chi connectivity index (χ4n) is 2.97. The monoisotopic (exact) mass is 197 g/mol. The smallest absolute Gasteiger partial charge is 0.0647 e. The van der Waals surface area contributed by atoms with Gasteiger partial charge in [-0.3, -0.25) is 14.7 Å². The molecule has 0 aliphatic carbocycles. The van der Waals surface area contributed by atoms with Crippen molar-refractivity contribution in [2.45, 2.75) is 51.1 Å². The molecule has 4 atom stereocenters. The molecule has 0 aromatic rings. The normalized spacial score (nSPS) is 46.9. The lowest BCUT2D eigenvalue weighted by Crippen LogP contribution is -2.68. The summed E-state index contributed by atoms with van der Waals surface area (Å²) in [5.74, 6) is 0. The van der Waals surface area contributed by atoms with Gasteiger partial charge in [0.25, 0.3) is 0 Å². The molecule has 3 heteroatoms. The van der Waals surface area contributed by atoms with Gasteiger partial charge in [0.1, 0.15) is 0 Å². The highest BCUT2D eigenvalue weighted by Crippen LogP contribution is 2.32. The van der Waals surface area contributed by atoms with E-state index in [0.29, 0.717) is 12.3 Å². The lowest BCUT2D eigenvalue weighted by Gasteiger charge is -2.57. The van der Waals surface area contributed by atoms with Gasteiger partial charge in [-0.15, -0.1) is 0 Å². The molecule has 3 nitrogen and oxygen atoms in total. The van der Waals surface area contributed by atoms with Crippen LogP contribution in [0.3, 0.4) is 0 Å². The average Bonchev–Trinajstić information content (AvgIpc) is 2.15. The van der Waals surface area contributed by atoms with Gasteiger partial charge in [0.2, 0.25) is 0 Å². The Morgan fingerprint density at radius 2 is 1.07 bits per heavy atom. The first-order chi connectivity index (χ1) is 6.52. The molecule has 0 radical (unpaired) electrons. The van der Waals surface area contributed by atoms with Crippen LogP contribution in [0.2, 0.25) is 0 Å². The molecule has 0 saturated carbocycles. The van der Waals surface area contributed by atoms with E-state index in [1.807, 2.05) is 0 Å². The van der Waals surface area contributed by atoms with Crippen LogP contribution in [0, 0.1) is 0 Å². The minimum Gasteiger partial charge on any atom is -0.288 e. The summed E-state index contributed by atoms with van der Waals surface area (Å²) < 4.78 is 0. The highest BCUT2D eigenvalue weighted by molar-refractivity contribution is 4.93. The van der Waals surface area contributed by atoms with Gasteiger partial charge in [-0.25, -0.2) is 0 Å². The maximum absolute atomic E-state index is 2.53. The zero-order valence-corrected chi connectivity index (χ0v) is 10.1. The Balaban J connectivity index is 2.21. The van der Waals surface area contributed by atoms with Gasteiger partial charge in [-0.1, -0.05) is 0 Å². The Morgan fingerprint density at radius 1 is 0.714 bits per heavy atom. The number of nitrogens with zero attached hydrogens (tertiary/aromatic N) is 3. The minimum absolute atomic E-state index is 0.648. The van der Waals surface area contributed by atoms with E-state index < -0.39 is 0 Å². The number of hydrogen-bond donors (Lipinski definition) is 0. The molecule has 82 valence electrons. The number of fused-ring (bicyclic) bond motifs is 2. The highest BCUT2D eigenvalue weighted by atomic mass is 15.5. The van der Waals surface area contributed by atoms with E-state index in [1.54, 1.807) is 0 Å². The molecule has 2 saturated heterocycles. The van der Waals surface area contributed by atoms with Gasteiger partial charge in [-0.2, -0.15) is 0 Å². The van der Waals surface area contributed by atoms with Crippen molar-refractivity contribution in [3.63, 3.8) is 0 Å². The maximum atomic E-state index is 2.53. The van der Waals surface area contributed by atoms with Crippen molar-refractivity contribution in [2.75, 3.05) is 21.1 Å². The summed E-state index contributed by atoms with van der Waals surface area (Å²) in [7, 11) is 6.79. The van der Waals surface area contributed by atoms with Crippen molar-refractivity contribution in [3.05, 3.63) is 0 Å². The summed E-state index contributed by atoms with van der Waals surface area (Å²) in [6.45, 7) is 4.69. The van der Waals surface area contributed by atoms with Gasteiger partial charge >= 0.3 is 0 Å². The van der Waals surface area contributed by atoms with Gasteiger partial charge < -0.3 is 0 Å². The molecule has 2 aliphatic heterocycles. The predicted octanol–water partition coefficient (Wildman–Crippen LogP) is 1.02. The predicted molar refractivity (Wildman–Crippen MR) is 59.0 cm³/mol. The third kappa shape index (κ3) is 1.38. The second-order valence-electron chi connectivity index (χ2n) is 5.13. The summed E-state index contributed by atoms with van der Waals surface area (Å²) in [5, 5.41) is 0. The molecule has 2 aliphatic rings. The maximum Gasteiger partial charge on any atom is 0.0647 e. The van der Waals surface area contributed by atoms with Gasteiger partial charge in [0, 0.05) is 12.1 Å². The van der Waals surface area contributed by atoms with Gasteiger partial charge in [0.05, 0.1) is 12.3 Å². The van der Waals surface area contributed by atoms with Crippen LogP contribution in [0.4, 0.5) is 0 Å². The molecular formula is C11H23N3. The third-order valence-electron chi connectivity index (χ3n) is 4.37. The first-order valence-electron chi connectivity index (χ1n) is 5.68. The van der Waals surface area contributed by atoms with E-state index in [2.05, 4.69) is 49.7 Å². The Hall–Kier alpha value is -0.120. The van der Waals surface area contributed by atoms with Crippen molar-refractivity contribution < 1.29 is 0 Å². The first-order valence-corrected chi connectivity index (χ1v) is 5.68. The largest absolute Gasteiger partial charge is 0.288 e. The SMILES string of the molecule is C[C@@H]1C[C@@H]2N(C)[C@@H](C[C@@H](C)N2C)N1C. The summed E-state index contributed by atoms with van der Waals surface area (Å²) in [6, 6.07) is 1.44. The topological polar surface area (TPSA) is 9.72 Å². The van der Waals surface area contributed by atoms with Crippen molar-refractivity contribution in [2.24, 2.45) is 0 Å². The highest BCUT2D eigenvalue weighted by Gasteiger charge is 2.42. The standard InChI is InChI=1S/C11H23N3/c1-8-6-10-13(4)9(2)7-11(12(8)3)14(10)5/h8-11H,6-7H2,1-5H3/t8-,9-,10+,11+/m1/s1. The average molecular weight is 197 g/mol.